The molecule has 0 saturated heterocycles. The van der Waals surface area contributed by atoms with Crippen LogP contribution < -0.4 is 9.04 Å². The number of ether oxygens (including phenoxy) is 1. The van der Waals surface area contributed by atoms with Gasteiger partial charge in [-0.05, 0) is 61.2 Å². The van der Waals surface area contributed by atoms with Crippen LogP contribution in [0, 0.1) is 0 Å². The van der Waals surface area contributed by atoms with Gasteiger partial charge in [0.05, 0.1) is 29.0 Å². The molecule has 12 heteroatoms. The largest absolute Gasteiger partial charge is 0.487 e. The normalized spacial score (nSPS) is 12.4. The molecule has 0 amide bonds. The summed E-state index contributed by atoms with van der Waals surface area (Å²) in [5.74, 6) is -1.51. The minimum atomic E-state index is -4.71. The molecule has 0 spiro atoms. The second-order valence-corrected chi connectivity index (χ2v) is 11.3. The predicted molar refractivity (Wildman–Crippen MR) is 124 cm³/mol. The summed E-state index contributed by atoms with van der Waals surface area (Å²) < 4.78 is 73.4. The number of carboxylic acid groups (broad SMARTS) is 1. The first kappa shape index (κ1) is 26.5. The van der Waals surface area contributed by atoms with Crippen LogP contribution in [0.1, 0.15) is 35.3 Å². The van der Waals surface area contributed by atoms with Gasteiger partial charge >= 0.3 is 12.1 Å². The number of aromatic carboxylic acids is 1. The van der Waals surface area contributed by atoms with E-state index in [0.717, 1.165) is 27.8 Å². The van der Waals surface area contributed by atoms with E-state index < -0.39 is 39.9 Å². The highest BCUT2D eigenvalue weighted by Crippen LogP contribution is 2.40. The van der Waals surface area contributed by atoms with Crippen molar-refractivity contribution in [2.24, 2.45) is 0 Å². The molecule has 0 aliphatic rings. The second kappa shape index (κ2) is 9.88. The molecule has 1 heterocycles. The summed E-state index contributed by atoms with van der Waals surface area (Å²) >= 11 is 0.926. The Labute approximate surface area is 204 Å². The first-order valence-electron chi connectivity index (χ1n) is 10.1. The van der Waals surface area contributed by atoms with Crippen molar-refractivity contribution in [1.82, 2.24) is 0 Å². The van der Waals surface area contributed by atoms with Gasteiger partial charge in [0.2, 0.25) is 0 Å². The molecule has 3 aromatic rings. The van der Waals surface area contributed by atoms with Crippen LogP contribution in [-0.2, 0) is 22.8 Å². The standard InChI is InChI=1S/C23H22F3NO6S2/c1-22(2,30)14-27(35(31,32)20-4-3-11-34-20)18-10-9-17(23(24,25)26)12-19(18)33-13-15-5-7-16(8-6-15)21(28)29/h3-12,30H,13-14H2,1-2H3,(H,28,29). The van der Waals surface area contributed by atoms with Gasteiger partial charge in [0.25, 0.3) is 10.0 Å². The van der Waals surface area contributed by atoms with E-state index in [2.05, 4.69) is 0 Å². The third kappa shape index (κ3) is 6.53. The number of carboxylic acids is 1. The lowest BCUT2D eigenvalue weighted by Gasteiger charge is -2.31. The van der Waals surface area contributed by atoms with E-state index in [4.69, 9.17) is 9.84 Å². The molecular formula is C23H22F3NO6S2. The Morgan fingerprint density at radius 1 is 1.09 bits per heavy atom. The summed E-state index contributed by atoms with van der Waals surface area (Å²) in [7, 11) is -4.25. The summed E-state index contributed by atoms with van der Waals surface area (Å²) in [5.41, 5.74) is -2.29. The first-order chi connectivity index (χ1) is 16.2. The summed E-state index contributed by atoms with van der Waals surface area (Å²) in [6.07, 6.45) is -4.71. The Hall–Kier alpha value is -3.09. The Bertz CT molecular complexity index is 1280. The number of alkyl halides is 3. The van der Waals surface area contributed by atoms with Gasteiger partial charge in [0, 0.05) is 0 Å². The smallest absolute Gasteiger partial charge is 0.416 e. The van der Waals surface area contributed by atoms with Gasteiger partial charge in [0.1, 0.15) is 16.6 Å². The van der Waals surface area contributed by atoms with Crippen molar-refractivity contribution in [2.75, 3.05) is 10.8 Å². The summed E-state index contributed by atoms with van der Waals surface area (Å²) in [6, 6.07) is 10.8. The number of halogens is 3. The monoisotopic (exact) mass is 529 g/mol. The SMILES string of the molecule is CC(C)(O)CN(c1ccc(C(F)(F)F)cc1OCc1ccc(C(=O)O)cc1)S(=O)(=O)c1cccs1. The van der Waals surface area contributed by atoms with Gasteiger partial charge in [-0.1, -0.05) is 18.2 Å². The van der Waals surface area contributed by atoms with Gasteiger partial charge in [-0.3, -0.25) is 4.31 Å². The Balaban J connectivity index is 2.07. The molecular weight excluding hydrogens is 507 g/mol. The molecule has 0 bridgehead atoms. The Morgan fingerprint density at radius 3 is 2.26 bits per heavy atom. The lowest BCUT2D eigenvalue weighted by Crippen LogP contribution is -2.42. The fourth-order valence-corrected chi connectivity index (χ4v) is 5.82. The highest BCUT2D eigenvalue weighted by Gasteiger charge is 2.36. The van der Waals surface area contributed by atoms with Crippen molar-refractivity contribution < 1.29 is 41.3 Å². The molecule has 2 aromatic carbocycles. The topological polar surface area (TPSA) is 104 Å². The average molecular weight is 530 g/mol. The molecule has 188 valence electrons. The number of hydrogen-bond acceptors (Lipinski definition) is 6. The van der Waals surface area contributed by atoms with Crippen molar-refractivity contribution in [1.29, 1.82) is 0 Å². The third-order valence-corrected chi connectivity index (χ3v) is 7.85. The highest BCUT2D eigenvalue weighted by molar-refractivity contribution is 7.94. The summed E-state index contributed by atoms with van der Waals surface area (Å²) in [5, 5.41) is 20.9. The molecule has 3 rings (SSSR count). The van der Waals surface area contributed by atoms with Crippen LogP contribution >= 0.6 is 11.3 Å². The molecule has 0 aliphatic heterocycles. The molecule has 0 unspecified atom stereocenters. The van der Waals surface area contributed by atoms with Crippen LogP contribution in [0.4, 0.5) is 18.9 Å². The summed E-state index contributed by atoms with van der Waals surface area (Å²) in [6.45, 7) is 2.03. The fourth-order valence-electron chi connectivity index (χ4n) is 3.09. The number of hydrogen-bond donors (Lipinski definition) is 2. The zero-order valence-electron chi connectivity index (χ0n) is 18.6. The molecule has 0 saturated carbocycles. The van der Waals surface area contributed by atoms with E-state index in [0.29, 0.717) is 11.6 Å². The van der Waals surface area contributed by atoms with Gasteiger partial charge in [-0.2, -0.15) is 13.2 Å². The van der Waals surface area contributed by atoms with Crippen LogP contribution in [0.15, 0.2) is 64.2 Å². The van der Waals surface area contributed by atoms with Crippen molar-refractivity contribution in [3.63, 3.8) is 0 Å². The molecule has 2 N–H and O–H groups in total. The predicted octanol–water partition coefficient (Wildman–Crippen LogP) is 5.01. The molecule has 0 radical (unpaired) electrons. The minimum absolute atomic E-state index is 0.0203. The Kier molecular flexibility index (Phi) is 7.48. The average Bonchev–Trinajstić information content (AvgIpc) is 3.31. The van der Waals surface area contributed by atoms with E-state index in [1.807, 2.05) is 0 Å². The van der Waals surface area contributed by atoms with Crippen molar-refractivity contribution >= 4 is 33.0 Å². The van der Waals surface area contributed by atoms with Crippen LogP contribution in [0.5, 0.6) is 5.75 Å². The van der Waals surface area contributed by atoms with Crippen molar-refractivity contribution in [3.05, 3.63) is 76.7 Å². The first-order valence-corrected chi connectivity index (χ1v) is 12.5. The van der Waals surface area contributed by atoms with Crippen LogP contribution in [-0.4, -0.2) is 36.7 Å². The minimum Gasteiger partial charge on any atom is -0.487 e. The van der Waals surface area contributed by atoms with E-state index >= 15 is 0 Å². The number of aliphatic hydroxyl groups is 1. The van der Waals surface area contributed by atoms with Crippen LogP contribution in [0.3, 0.4) is 0 Å². The van der Waals surface area contributed by atoms with E-state index in [1.54, 1.807) is 5.38 Å². The molecule has 1 aromatic heterocycles. The number of carbonyl (C=O) groups is 1. The number of thiophene rings is 1. The van der Waals surface area contributed by atoms with Crippen LogP contribution in [0.25, 0.3) is 0 Å². The number of nitrogens with zero attached hydrogens (tertiary/aromatic N) is 1. The summed E-state index contributed by atoms with van der Waals surface area (Å²) in [4.78, 5) is 11.0. The van der Waals surface area contributed by atoms with E-state index in [-0.39, 0.29) is 27.8 Å². The van der Waals surface area contributed by atoms with Crippen molar-refractivity contribution in [3.8, 4) is 5.75 Å². The third-order valence-electron chi connectivity index (χ3n) is 4.72. The molecule has 0 aliphatic carbocycles. The lowest BCUT2D eigenvalue weighted by molar-refractivity contribution is -0.137. The lowest BCUT2D eigenvalue weighted by atomic mass is 10.1. The van der Waals surface area contributed by atoms with Crippen LogP contribution in [0.2, 0.25) is 0 Å². The fraction of sp³-hybridized carbons (Fsp3) is 0.261. The maximum absolute atomic E-state index is 13.4. The number of sulfonamides is 1. The zero-order valence-corrected chi connectivity index (χ0v) is 20.2. The molecule has 7 nitrogen and oxygen atoms in total. The number of benzene rings is 2. The van der Waals surface area contributed by atoms with Gasteiger partial charge in [0.15, 0.2) is 0 Å². The number of rotatable bonds is 9. The second-order valence-electron chi connectivity index (χ2n) is 8.23. The van der Waals surface area contributed by atoms with E-state index in [9.17, 15) is 31.5 Å². The quantitative estimate of drug-likeness (QED) is 0.404. The highest BCUT2D eigenvalue weighted by atomic mass is 32.2. The Morgan fingerprint density at radius 2 is 1.74 bits per heavy atom. The molecule has 0 atom stereocenters. The van der Waals surface area contributed by atoms with Gasteiger partial charge in [-0.25, -0.2) is 13.2 Å². The maximum Gasteiger partial charge on any atom is 0.416 e. The van der Waals surface area contributed by atoms with Crippen molar-refractivity contribution in [2.45, 2.75) is 36.4 Å². The van der Waals surface area contributed by atoms with Gasteiger partial charge in [-0.15, -0.1) is 11.3 Å². The molecule has 35 heavy (non-hydrogen) atoms. The zero-order chi connectivity index (χ0) is 26.0. The number of anilines is 1. The van der Waals surface area contributed by atoms with E-state index in [1.165, 1.54) is 50.2 Å². The maximum atomic E-state index is 13.4. The van der Waals surface area contributed by atoms with Gasteiger partial charge < -0.3 is 14.9 Å². The molecule has 0 fully saturated rings.